The number of benzene rings is 2. The molecule has 1 heterocycles. The second kappa shape index (κ2) is 7.06. The number of hydrogen-bond donors (Lipinski definition) is 0. The molecule has 3 rings (SSSR count). The number of ether oxygens (including phenoxy) is 1. The molecule has 3 aromatic rings. The minimum absolute atomic E-state index is 0.146. The summed E-state index contributed by atoms with van der Waals surface area (Å²) >= 11 is 0.914. The van der Waals surface area contributed by atoms with Gasteiger partial charge in [0, 0.05) is 11.6 Å². The minimum Gasteiger partial charge on any atom is -0.497 e. The standard InChI is InChI=1S/C16H14N2O5S3/c1-23-13-7-9-15(10-8-13)26(21,22)18(16-17-11-12-24-16)25(19,20)14-5-3-2-4-6-14/h2-12H,1H3. The van der Waals surface area contributed by atoms with Crippen LogP contribution in [0.2, 0.25) is 0 Å². The van der Waals surface area contributed by atoms with Crippen LogP contribution in [-0.4, -0.2) is 28.9 Å². The molecule has 0 fully saturated rings. The van der Waals surface area contributed by atoms with Crippen molar-refractivity contribution >= 4 is 36.5 Å². The number of hydrogen-bond acceptors (Lipinski definition) is 7. The van der Waals surface area contributed by atoms with Crippen molar-refractivity contribution in [1.29, 1.82) is 0 Å². The molecular formula is C16H14N2O5S3. The topological polar surface area (TPSA) is 93.6 Å². The molecule has 0 bridgehead atoms. The van der Waals surface area contributed by atoms with Gasteiger partial charge in [-0.15, -0.1) is 15.0 Å². The summed E-state index contributed by atoms with van der Waals surface area (Å²) in [7, 11) is -7.35. The Labute approximate surface area is 155 Å². The van der Waals surface area contributed by atoms with Crippen LogP contribution in [-0.2, 0) is 20.0 Å². The van der Waals surface area contributed by atoms with E-state index in [1.165, 1.54) is 67.2 Å². The van der Waals surface area contributed by atoms with Crippen LogP contribution in [0.15, 0.2) is 76.0 Å². The van der Waals surface area contributed by atoms with Gasteiger partial charge < -0.3 is 4.74 Å². The number of methoxy groups -OCH3 is 1. The van der Waals surface area contributed by atoms with Crippen molar-refractivity contribution in [3.63, 3.8) is 0 Å². The first-order valence-electron chi connectivity index (χ1n) is 7.26. The van der Waals surface area contributed by atoms with Crippen LogP contribution < -0.4 is 8.45 Å². The third-order valence-electron chi connectivity index (χ3n) is 3.41. The van der Waals surface area contributed by atoms with E-state index in [1.807, 2.05) is 0 Å². The van der Waals surface area contributed by atoms with Gasteiger partial charge in [-0.25, -0.2) is 4.98 Å². The second-order valence-corrected chi connectivity index (χ2v) is 9.69. The molecule has 2 aromatic carbocycles. The lowest BCUT2D eigenvalue weighted by Gasteiger charge is -2.21. The molecule has 0 amide bonds. The van der Waals surface area contributed by atoms with Crippen LogP contribution >= 0.6 is 11.3 Å². The molecule has 0 spiro atoms. The van der Waals surface area contributed by atoms with E-state index in [2.05, 4.69) is 4.98 Å². The summed E-state index contributed by atoms with van der Waals surface area (Å²) in [6.45, 7) is 0. The third kappa shape index (κ3) is 3.30. The van der Waals surface area contributed by atoms with Gasteiger partial charge in [-0.1, -0.05) is 18.2 Å². The molecule has 0 saturated carbocycles. The molecule has 0 saturated heterocycles. The van der Waals surface area contributed by atoms with Crippen LogP contribution in [0.5, 0.6) is 5.75 Å². The summed E-state index contributed by atoms with van der Waals surface area (Å²) in [5, 5.41) is 1.34. The fourth-order valence-corrected chi connectivity index (χ4v) is 6.89. The maximum Gasteiger partial charge on any atom is 0.279 e. The molecule has 0 atom stereocenters. The van der Waals surface area contributed by atoms with E-state index in [9.17, 15) is 16.8 Å². The molecular weight excluding hydrogens is 396 g/mol. The summed E-state index contributed by atoms with van der Waals surface area (Å²) in [6, 6.07) is 12.8. The van der Waals surface area contributed by atoms with Gasteiger partial charge in [0.25, 0.3) is 20.0 Å². The molecule has 0 aliphatic heterocycles. The average molecular weight is 410 g/mol. The predicted octanol–water partition coefficient (Wildman–Crippen LogP) is 2.74. The SMILES string of the molecule is COc1ccc(S(=O)(=O)N(c2nccs2)S(=O)(=O)c2ccccc2)cc1. The first-order valence-corrected chi connectivity index (χ1v) is 11.0. The highest BCUT2D eigenvalue weighted by atomic mass is 32.3. The maximum absolute atomic E-state index is 13.1. The molecule has 0 radical (unpaired) electrons. The number of sulfonamides is 2. The third-order valence-corrected chi connectivity index (χ3v) is 8.53. The van der Waals surface area contributed by atoms with Crippen molar-refractivity contribution < 1.29 is 21.6 Å². The van der Waals surface area contributed by atoms with Crippen molar-refractivity contribution in [3.8, 4) is 5.75 Å². The Morgan fingerprint density at radius 3 is 1.96 bits per heavy atom. The molecule has 7 nitrogen and oxygen atoms in total. The van der Waals surface area contributed by atoms with Crippen LogP contribution in [0.1, 0.15) is 0 Å². The first kappa shape index (κ1) is 18.4. The minimum atomic E-state index is -4.42. The van der Waals surface area contributed by atoms with Crippen molar-refractivity contribution in [1.82, 2.24) is 4.98 Å². The van der Waals surface area contributed by atoms with Gasteiger partial charge in [-0.05, 0) is 36.4 Å². The molecule has 0 unspecified atom stereocenters. The number of anilines is 1. The van der Waals surface area contributed by atoms with E-state index in [1.54, 1.807) is 6.07 Å². The van der Waals surface area contributed by atoms with E-state index in [0.29, 0.717) is 9.46 Å². The summed E-state index contributed by atoms with van der Waals surface area (Å²) in [6.07, 6.45) is 1.34. The van der Waals surface area contributed by atoms with Gasteiger partial charge in [-0.3, -0.25) is 0 Å². The van der Waals surface area contributed by atoms with Crippen molar-refractivity contribution in [2.75, 3.05) is 10.8 Å². The van der Waals surface area contributed by atoms with E-state index in [0.717, 1.165) is 11.3 Å². The van der Waals surface area contributed by atoms with Gasteiger partial charge in [0.05, 0.1) is 16.9 Å². The first-order chi connectivity index (χ1) is 12.4. The van der Waals surface area contributed by atoms with E-state index >= 15 is 0 Å². The predicted molar refractivity (Wildman–Crippen MR) is 98.4 cm³/mol. The number of nitrogens with zero attached hydrogens (tertiary/aromatic N) is 2. The zero-order valence-electron chi connectivity index (χ0n) is 13.5. The van der Waals surface area contributed by atoms with Gasteiger partial charge in [0.15, 0.2) is 0 Å². The highest BCUT2D eigenvalue weighted by Crippen LogP contribution is 2.32. The normalized spacial score (nSPS) is 11.9. The lowest BCUT2D eigenvalue weighted by atomic mass is 10.3. The summed E-state index contributed by atoms with van der Waals surface area (Å²) < 4.78 is 57.7. The highest BCUT2D eigenvalue weighted by molar-refractivity contribution is 8.10. The van der Waals surface area contributed by atoms with Gasteiger partial charge in [0.2, 0.25) is 5.13 Å². The Kier molecular flexibility index (Phi) is 4.99. The Balaban J connectivity index is 2.19. The Bertz CT molecular complexity index is 1080. The van der Waals surface area contributed by atoms with Crippen LogP contribution in [0.25, 0.3) is 0 Å². The number of thiazole rings is 1. The fraction of sp³-hybridized carbons (Fsp3) is 0.0625. The van der Waals surface area contributed by atoms with Crippen molar-refractivity contribution in [2.24, 2.45) is 0 Å². The lowest BCUT2D eigenvalue weighted by Crippen LogP contribution is -2.37. The van der Waals surface area contributed by atoms with Crippen LogP contribution in [0.4, 0.5) is 5.13 Å². The van der Waals surface area contributed by atoms with Crippen molar-refractivity contribution in [3.05, 3.63) is 66.2 Å². The molecule has 0 aliphatic rings. The summed E-state index contributed by atoms with van der Waals surface area (Å²) in [5.41, 5.74) is 0. The average Bonchev–Trinajstić information content (AvgIpc) is 3.16. The lowest BCUT2D eigenvalue weighted by molar-refractivity contribution is 0.414. The molecule has 10 heteroatoms. The highest BCUT2D eigenvalue weighted by Gasteiger charge is 2.38. The quantitative estimate of drug-likeness (QED) is 0.620. The maximum atomic E-state index is 13.1. The van der Waals surface area contributed by atoms with E-state index in [-0.39, 0.29) is 14.9 Å². The Hall–Kier alpha value is -2.43. The largest absolute Gasteiger partial charge is 0.497 e. The molecule has 0 N–H and O–H groups in total. The molecule has 1 aromatic heterocycles. The fourth-order valence-electron chi connectivity index (χ4n) is 2.17. The van der Waals surface area contributed by atoms with Crippen LogP contribution in [0, 0.1) is 0 Å². The number of rotatable bonds is 6. The molecule has 0 aliphatic carbocycles. The Morgan fingerprint density at radius 1 is 0.885 bits per heavy atom. The van der Waals surface area contributed by atoms with Gasteiger partial charge in [0.1, 0.15) is 5.75 Å². The van der Waals surface area contributed by atoms with E-state index in [4.69, 9.17) is 4.74 Å². The van der Waals surface area contributed by atoms with E-state index < -0.39 is 20.0 Å². The van der Waals surface area contributed by atoms with Crippen molar-refractivity contribution in [2.45, 2.75) is 9.79 Å². The Morgan fingerprint density at radius 2 is 1.46 bits per heavy atom. The number of aromatic nitrogens is 1. The van der Waals surface area contributed by atoms with Crippen LogP contribution in [0.3, 0.4) is 0 Å². The summed E-state index contributed by atoms with van der Waals surface area (Å²) in [5.74, 6) is 0.454. The zero-order chi connectivity index (χ0) is 18.8. The second-order valence-electron chi connectivity index (χ2n) is 5.01. The molecule has 136 valence electrons. The zero-order valence-corrected chi connectivity index (χ0v) is 16.0. The smallest absolute Gasteiger partial charge is 0.279 e. The van der Waals surface area contributed by atoms with Gasteiger partial charge >= 0.3 is 0 Å². The summed E-state index contributed by atoms with van der Waals surface area (Å²) in [4.78, 5) is 3.56. The van der Waals surface area contributed by atoms with Gasteiger partial charge in [-0.2, -0.15) is 16.8 Å². The molecule has 26 heavy (non-hydrogen) atoms. The monoisotopic (exact) mass is 410 g/mol.